The van der Waals surface area contributed by atoms with Crippen LogP contribution in [0.15, 0.2) is 42.5 Å². The van der Waals surface area contributed by atoms with Crippen LogP contribution in [0.2, 0.25) is 0 Å². The number of likely N-dealkylation sites (N-methyl/N-ethyl adjacent to an activating group) is 1. The van der Waals surface area contributed by atoms with E-state index in [4.69, 9.17) is 22.0 Å². The number of fused-ring (bicyclic) bond motifs is 1. The SMILES string of the molecule is C[C@H](NC(=O)[C@H](CCCNC(=N)N)NC(=O)[C@H](Cc1ccc2ccccc2c1)NC(=O)[C@@H](C)NC(=O)[C@H](NC(=O)CN(C)C(=O)[C@@H](C)N)[C@H](C)O)C(=O)N[C@H](C)C(=O)O. The highest BCUT2D eigenvalue weighted by Gasteiger charge is 2.33. The predicted octanol–water partition coefficient (Wildman–Crippen LogP) is -3.11. The summed E-state index contributed by atoms with van der Waals surface area (Å²) < 4.78 is 0. The second kappa shape index (κ2) is 23.2. The lowest BCUT2D eigenvalue weighted by molar-refractivity contribution is -0.141. The van der Waals surface area contributed by atoms with Crippen LogP contribution in [0.4, 0.5) is 0 Å². The Bertz CT molecular complexity index is 1860. The maximum absolute atomic E-state index is 14.1. The summed E-state index contributed by atoms with van der Waals surface area (Å²) in [5, 5.41) is 45.9. The van der Waals surface area contributed by atoms with E-state index in [0.717, 1.165) is 15.7 Å². The maximum atomic E-state index is 14.1. The Balaban J connectivity index is 2.34. The first-order chi connectivity index (χ1) is 27.6. The highest BCUT2D eigenvalue weighted by Crippen LogP contribution is 2.17. The average Bonchev–Trinajstić information content (AvgIpc) is 3.16. The number of nitrogens with two attached hydrogens (primary N) is 2. The summed E-state index contributed by atoms with van der Waals surface area (Å²) in [4.78, 5) is 104. The van der Waals surface area contributed by atoms with Gasteiger partial charge in [-0.2, -0.15) is 0 Å². The van der Waals surface area contributed by atoms with Crippen LogP contribution in [-0.4, -0.2) is 137 Å². The molecule has 0 aliphatic rings. The molecular weight excluding hydrogens is 770 g/mol. The lowest BCUT2D eigenvalue weighted by Crippen LogP contribution is -2.60. The molecule has 0 saturated heterocycles. The van der Waals surface area contributed by atoms with Crippen LogP contribution in [0, 0.1) is 5.41 Å². The molecule has 14 N–H and O–H groups in total. The number of nitrogens with one attached hydrogen (secondary N) is 8. The number of nitrogens with zero attached hydrogens (tertiary/aromatic N) is 1. The highest BCUT2D eigenvalue weighted by molar-refractivity contribution is 5.97. The standard InChI is InChI=1S/C38H57N11O10/c1-19(39)36(57)49(6)18-29(51)48-30(23(5)50)35(56)44-21(3)32(53)47-28(17-24-13-14-25-10-7-8-11-26(25)16-24)34(55)46-27(12-9-15-42-38(40)41)33(54)43-20(2)31(52)45-22(4)37(58)59/h7-8,10-11,13-14,16,19-23,27-28,30,50H,9,12,15,17-18,39H2,1-6H3,(H,43,54)(H,44,56)(H,45,52)(H,46,55)(H,47,53)(H,48,51)(H,58,59)(H4,40,41,42)/t19-,20+,21-,22-,23+,27+,28+,30-/m1/s1. The number of carbonyl (C=O) groups excluding carboxylic acids is 7. The van der Waals surface area contributed by atoms with Gasteiger partial charge in [-0.1, -0.05) is 42.5 Å². The minimum absolute atomic E-state index is 0.0253. The summed E-state index contributed by atoms with van der Waals surface area (Å²) in [6.45, 7) is 6.23. The van der Waals surface area contributed by atoms with E-state index in [1.165, 1.54) is 41.7 Å². The zero-order valence-electron chi connectivity index (χ0n) is 34.0. The molecule has 0 unspecified atom stereocenters. The quantitative estimate of drug-likeness (QED) is 0.0318. The molecule has 2 aromatic rings. The largest absolute Gasteiger partial charge is 0.480 e. The van der Waals surface area contributed by atoms with Crippen LogP contribution >= 0.6 is 0 Å². The number of carboxylic acid groups (broad SMARTS) is 1. The smallest absolute Gasteiger partial charge is 0.325 e. The third kappa shape index (κ3) is 16.2. The van der Waals surface area contributed by atoms with Crippen LogP contribution in [0.25, 0.3) is 10.8 Å². The van der Waals surface area contributed by atoms with Gasteiger partial charge in [0.15, 0.2) is 5.96 Å². The second-order valence-electron chi connectivity index (χ2n) is 14.3. The molecule has 0 fully saturated rings. The molecule has 2 rings (SSSR count). The Kier molecular flexibility index (Phi) is 19.1. The summed E-state index contributed by atoms with van der Waals surface area (Å²) >= 11 is 0. The van der Waals surface area contributed by atoms with Crippen molar-refractivity contribution >= 4 is 64.1 Å². The Morgan fingerprint density at radius 2 is 1.27 bits per heavy atom. The zero-order chi connectivity index (χ0) is 44.6. The summed E-state index contributed by atoms with van der Waals surface area (Å²) in [5.74, 6) is -7.14. The molecule has 0 bridgehead atoms. The zero-order valence-corrected chi connectivity index (χ0v) is 34.0. The molecule has 8 atom stereocenters. The van der Waals surface area contributed by atoms with Crippen molar-refractivity contribution in [3.63, 3.8) is 0 Å². The van der Waals surface area contributed by atoms with Gasteiger partial charge in [-0.05, 0) is 63.8 Å². The third-order valence-corrected chi connectivity index (χ3v) is 8.97. The molecular formula is C38H57N11O10. The Hall–Kier alpha value is -6.35. The van der Waals surface area contributed by atoms with Crippen LogP contribution in [0.5, 0.6) is 0 Å². The van der Waals surface area contributed by atoms with Gasteiger partial charge >= 0.3 is 5.97 Å². The van der Waals surface area contributed by atoms with E-state index in [2.05, 4.69) is 37.2 Å². The first-order valence-corrected chi connectivity index (χ1v) is 18.9. The van der Waals surface area contributed by atoms with E-state index in [1.54, 1.807) is 6.07 Å². The average molecular weight is 828 g/mol. The van der Waals surface area contributed by atoms with Crippen molar-refractivity contribution in [3.05, 3.63) is 48.0 Å². The molecule has 0 spiro atoms. The van der Waals surface area contributed by atoms with Crippen molar-refractivity contribution in [1.82, 2.24) is 42.1 Å². The van der Waals surface area contributed by atoms with Gasteiger partial charge in [0.2, 0.25) is 41.4 Å². The number of aliphatic hydroxyl groups is 1. The molecule has 0 saturated carbocycles. The lowest BCUT2D eigenvalue weighted by atomic mass is 10.00. The Morgan fingerprint density at radius 1 is 0.729 bits per heavy atom. The van der Waals surface area contributed by atoms with Gasteiger partial charge in [-0.3, -0.25) is 43.8 Å². The van der Waals surface area contributed by atoms with Gasteiger partial charge < -0.3 is 63.8 Å². The fourth-order valence-electron chi connectivity index (χ4n) is 5.59. The van der Waals surface area contributed by atoms with Crippen molar-refractivity contribution in [2.24, 2.45) is 11.5 Å². The molecule has 0 aliphatic carbocycles. The first-order valence-electron chi connectivity index (χ1n) is 18.9. The minimum atomic E-state index is -1.54. The van der Waals surface area contributed by atoms with E-state index >= 15 is 0 Å². The highest BCUT2D eigenvalue weighted by atomic mass is 16.4. The van der Waals surface area contributed by atoms with E-state index in [-0.39, 0.29) is 31.8 Å². The van der Waals surface area contributed by atoms with Gasteiger partial charge in [0.05, 0.1) is 18.7 Å². The normalized spacial score (nSPS) is 15.0. The van der Waals surface area contributed by atoms with Gasteiger partial charge in [0.25, 0.3) is 0 Å². The second-order valence-corrected chi connectivity index (χ2v) is 14.3. The maximum Gasteiger partial charge on any atom is 0.325 e. The molecule has 324 valence electrons. The van der Waals surface area contributed by atoms with Gasteiger partial charge in [0.1, 0.15) is 36.3 Å². The van der Waals surface area contributed by atoms with E-state index in [9.17, 15) is 43.5 Å². The van der Waals surface area contributed by atoms with Crippen LogP contribution in [0.1, 0.15) is 53.0 Å². The molecule has 21 heteroatoms. The molecule has 21 nitrogen and oxygen atoms in total. The van der Waals surface area contributed by atoms with Crippen molar-refractivity contribution in [2.75, 3.05) is 20.1 Å². The summed E-state index contributed by atoms with van der Waals surface area (Å²) in [6.07, 6.45) is -1.34. The molecule has 7 amide bonds. The molecule has 0 aromatic heterocycles. The van der Waals surface area contributed by atoms with Crippen molar-refractivity contribution in [2.45, 2.75) is 102 Å². The van der Waals surface area contributed by atoms with Crippen molar-refractivity contribution in [3.8, 4) is 0 Å². The van der Waals surface area contributed by atoms with Crippen LogP contribution in [0.3, 0.4) is 0 Å². The number of guanidine groups is 1. The van der Waals surface area contributed by atoms with Crippen LogP contribution in [-0.2, 0) is 44.8 Å². The van der Waals surface area contributed by atoms with Gasteiger partial charge in [0, 0.05) is 20.0 Å². The number of hydrogen-bond acceptors (Lipinski definition) is 11. The fraction of sp³-hybridized carbons (Fsp3) is 0.500. The van der Waals surface area contributed by atoms with Crippen LogP contribution < -0.4 is 48.7 Å². The number of carboxylic acids is 1. The number of rotatable bonds is 22. The third-order valence-electron chi connectivity index (χ3n) is 8.97. The molecule has 0 aliphatic heterocycles. The first kappa shape index (κ1) is 48.8. The minimum Gasteiger partial charge on any atom is -0.480 e. The molecule has 0 radical (unpaired) electrons. The molecule has 2 aromatic carbocycles. The summed E-state index contributed by atoms with van der Waals surface area (Å²) in [6, 6.07) is 3.98. The number of amides is 7. The van der Waals surface area contributed by atoms with Gasteiger partial charge in [-0.15, -0.1) is 0 Å². The van der Waals surface area contributed by atoms with Gasteiger partial charge in [-0.25, -0.2) is 0 Å². The van der Waals surface area contributed by atoms with Crippen molar-refractivity contribution < 1.29 is 48.6 Å². The number of aliphatic carboxylic acids is 1. The Morgan fingerprint density at radius 3 is 1.85 bits per heavy atom. The topological polar surface area (TPSA) is 340 Å². The lowest BCUT2D eigenvalue weighted by Gasteiger charge is -2.27. The molecule has 59 heavy (non-hydrogen) atoms. The number of benzene rings is 2. The number of hydrogen-bond donors (Lipinski definition) is 12. The summed E-state index contributed by atoms with van der Waals surface area (Å²) in [5.41, 5.74) is 11.6. The summed E-state index contributed by atoms with van der Waals surface area (Å²) in [7, 11) is 1.34. The van der Waals surface area contributed by atoms with E-state index in [1.807, 2.05) is 36.4 Å². The fourth-order valence-corrected chi connectivity index (χ4v) is 5.59. The van der Waals surface area contributed by atoms with E-state index in [0.29, 0.717) is 5.56 Å². The molecule has 0 heterocycles. The Labute approximate surface area is 341 Å². The monoisotopic (exact) mass is 827 g/mol. The van der Waals surface area contributed by atoms with Crippen molar-refractivity contribution in [1.29, 1.82) is 5.41 Å². The number of aliphatic hydroxyl groups excluding tert-OH is 1. The number of carbonyl (C=O) groups is 8. The predicted molar refractivity (Wildman–Crippen MR) is 216 cm³/mol. The van der Waals surface area contributed by atoms with E-state index < -0.39 is 102 Å².